The predicted molar refractivity (Wildman–Crippen MR) is 62.1 cm³/mol. The molecule has 5 heteroatoms. The lowest BCUT2D eigenvalue weighted by molar-refractivity contribution is -0.0227. The lowest BCUT2D eigenvalue weighted by atomic mass is 10.1. The Morgan fingerprint density at radius 1 is 1.62 bits per heavy atom. The van der Waals surface area contributed by atoms with Gasteiger partial charge in [-0.15, -0.1) is 0 Å². The van der Waals surface area contributed by atoms with Crippen LogP contribution in [0.4, 0.5) is 0 Å². The molecule has 0 aromatic carbocycles. The zero-order valence-electron chi connectivity index (χ0n) is 9.66. The monoisotopic (exact) mass is 245 g/mol. The van der Waals surface area contributed by atoms with Gasteiger partial charge in [0.1, 0.15) is 5.69 Å². The van der Waals surface area contributed by atoms with Crippen molar-refractivity contribution in [2.24, 2.45) is 0 Å². The summed E-state index contributed by atoms with van der Waals surface area (Å²) in [6, 6.07) is 1.44. The van der Waals surface area contributed by atoms with Crippen molar-refractivity contribution in [1.82, 2.24) is 4.57 Å². The number of hydrogen-bond donors (Lipinski definition) is 1. The normalized spacial score (nSPS) is 11.8. The first-order valence-corrected chi connectivity index (χ1v) is 5.46. The van der Waals surface area contributed by atoms with Gasteiger partial charge in [0.15, 0.2) is 0 Å². The van der Waals surface area contributed by atoms with E-state index >= 15 is 0 Å². The van der Waals surface area contributed by atoms with Gasteiger partial charge in [-0.05, 0) is 26.8 Å². The molecule has 0 amide bonds. The Morgan fingerprint density at radius 2 is 2.25 bits per heavy atom. The van der Waals surface area contributed by atoms with Crippen molar-refractivity contribution in [1.29, 1.82) is 0 Å². The van der Waals surface area contributed by atoms with Gasteiger partial charge in [0.2, 0.25) is 0 Å². The summed E-state index contributed by atoms with van der Waals surface area (Å²) in [6.45, 7) is 6.77. The molecule has 0 aliphatic heterocycles. The quantitative estimate of drug-likeness (QED) is 0.868. The number of halogens is 1. The van der Waals surface area contributed by atoms with E-state index in [-0.39, 0.29) is 5.69 Å². The molecule has 1 aromatic heterocycles. The number of carboxylic acids is 1. The van der Waals surface area contributed by atoms with Crippen LogP contribution in [0.2, 0.25) is 5.02 Å². The maximum Gasteiger partial charge on any atom is 0.352 e. The zero-order valence-corrected chi connectivity index (χ0v) is 10.4. The van der Waals surface area contributed by atoms with Crippen molar-refractivity contribution in [2.75, 3.05) is 6.61 Å². The minimum atomic E-state index is -0.987. The van der Waals surface area contributed by atoms with Crippen molar-refractivity contribution in [3.63, 3.8) is 0 Å². The molecule has 0 bridgehead atoms. The highest BCUT2D eigenvalue weighted by Crippen LogP contribution is 2.19. The van der Waals surface area contributed by atoms with E-state index in [4.69, 9.17) is 21.4 Å². The maximum atomic E-state index is 11.0. The van der Waals surface area contributed by atoms with Gasteiger partial charge in [0.05, 0.1) is 17.2 Å². The molecule has 1 aromatic rings. The van der Waals surface area contributed by atoms with Crippen LogP contribution in [0, 0.1) is 0 Å². The summed E-state index contributed by atoms with van der Waals surface area (Å²) in [5, 5.41) is 9.41. The number of hydrogen-bond acceptors (Lipinski definition) is 2. The summed E-state index contributed by atoms with van der Waals surface area (Å²) >= 11 is 5.79. The number of carboxylic acid groups (broad SMARTS) is 1. The van der Waals surface area contributed by atoms with E-state index in [0.29, 0.717) is 18.2 Å². The van der Waals surface area contributed by atoms with E-state index in [9.17, 15) is 4.79 Å². The van der Waals surface area contributed by atoms with Crippen molar-refractivity contribution in [3.05, 3.63) is 23.0 Å². The van der Waals surface area contributed by atoms with Gasteiger partial charge in [0.25, 0.3) is 0 Å². The van der Waals surface area contributed by atoms with Crippen molar-refractivity contribution in [3.8, 4) is 0 Å². The fraction of sp³-hybridized carbons (Fsp3) is 0.545. The molecule has 0 spiro atoms. The van der Waals surface area contributed by atoms with E-state index < -0.39 is 11.6 Å². The molecule has 1 rings (SSSR count). The summed E-state index contributed by atoms with van der Waals surface area (Å²) < 4.78 is 7.12. The molecular weight excluding hydrogens is 230 g/mol. The molecule has 0 aliphatic carbocycles. The SMILES string of the molecule is CCOC(C)(C)Cn1cc(Cl)cc1C(=O)O. The molecule has 0 aliphatic rings. The van der Waals surface area contributed by atoms with Crippen LogP contribution in [0.25, 0.3) is 0 Å². The summed E-state index contributed by atoms with van der Waals surface area (Å²) in [6.07, 6.45) is 1.60. The van der Waals surface area contributed by atoms with E-state index in [1.165, 1.54) is 6.07 Å². The van der Waals surface area contributed by atoms with Crippen LogP contribution in [0.15, 0.2) is 12.3 Å². The fourth-order valence-corrected chi connectivity index (χ4v) is 1.85. The largest absolute Gasteiger partial charge is 0.477 e. The lowest BCUT2D eigenvalue weighted by Crippen LogP contribution is -2.31. The highest BCUT2D eigenvalue weighted by Gasteiger charge is 2.22. The summed E-state index contributed by atoms with van der Waals surface area (Å²) in [7, 11) is 0. The third-order valence-electron chi connectivity index (χ3n) is 2.17. The Labute approximate surface area is 99.8 Å². The Hall–Kier alpha value is -1.00. The van der Waals surface area contributed by atoms with Crippen LogP contribution in [-0.2, 0) is 11.3 Å². The third kappa shape index (κ3) is 3.25. The van der Waals surface area contributed by atoms with Gasteiger partial charge in [-0.1, -0.05) is 11.6 Å². The fourth-order valence-electron chi connectivity index (χ4n) is 1.63. The van der Waals surface area contributed by atoms with Gasteiger partial charge >= 0.3 is 5.97 Å². The van der Waals surface area contributed by atoms with Gasteiger partial charge in [0, 0.05) is 12.8 Å². The lowest BCUT2D eigenvalue weighted by Gasteiger charge is -2.25. The van der Waals surface area contributed by atoms with E-state index in [0.717, 1.165) is 0 Å². The van der Waals surface area contributed by atoms with Crippen LogP contribution in [0.5, 0.6) is 0 Å². The summed E-state index contributed by atoms with van der Waals surface area (Å²) in [4.78, 5) is 11.0. The van der Waals surface area contributed by atoms with Gasteiger partial charge < -0.3 is 14.4 Å². The highest BCUT2D eigenvalue weighted by molar-refractivity contribution is 6.30. The van der Waals surface area contributed by atoms with Crippen molar-refractivity contribution < 1.29 is 14.6 Å². The molecule has 90 valence electrons. The Morgan fingerprint density at radius 3 is 2.75 bits per heavy atom. The number of rotatable bonds is 5. The second-order valence-electron chi connectivity index (χ2n) is 4.17. The van der Waals surface area contributed by atoms with Crippen molar-refractivity contribution >= 4 is 17.6 Å². The number of aromatic nitrogens is 1. The first kappa shape index (κ1) is 13.1. The maximum absolute atomic E-state index is 11.0. The van der Waals surface area contributed by atoms with Crippen LogP contribution >= 0.6 is 11.6 Å². The smallest absolute Gasteiger partial charge is 0.352 e. The molecule has 0 unspecified atom stereocenters. The summed E-state index contributed by atoms with van der Waals surface area (Å²) in [5.74, 6) is -0.987. The Kier molecular flexibility index (Phi) is 3.99. The van der Waals surface area contributed by atoms with Crippen molar-refractivity contribution in [2.45, 2.75) is 32.9 Å². The third-order valence-corrected chi connectivity index (χ3v) is 2.38. The van der Waals surface area contributed by atoms with Crippen LogP contribution < -0.4 is 0 Å². The number of nitrogens with zero attached hydrogens (tertiary/aromatic N) is 1. The molecule has 0 atom stereocenters. The van der Waals surface area contributed by atoms with Gasteiger partial charge in [-0.3, -0.25) is 0 Å². The first-order chi connectivity index (χ1) is 7.35. The predicted octanol–water partition coefficient (Wildman–Crippen LogP) is 2.65. The minimum Gasteiger partial charge on any atom is -0.477 e. The highest BCUT2D eigenvalue weighted by atomic mass is 35.5. The first-order valence-electron chi connectivity index (χ1n) is 5.08. The number of carbonyl (C=O) groups is 1. The van der Waals surface area contributed by atoms with E-state index in [1.807, 2.05) is 20.8 Å². The average molecular weight is 246 g/mol. The minimum absolute atomic E-state index is 0.178. The van der Waals surface area contributed by atoms with Crippen LogP contribution in [0.3, 0.4) is 0 Å². The average Bonchev–Trinajstić information content (AvgIpc) is 2.45. The Bertz CT molecular complexity index is 385. The molecular formula is C11H16ClNO3. The molecule has 0 saturated heterocycles. The van der Waals surface area contributed by atoms with Crippen LogP contribution in [-0.4, -0.2) is 27.9 Å². The second kappa shape index (κ2) is 4.89. The second-order valence-corrected chi connectivity index (χ2v) is 4.61. The molecule has 1 heterocycles. The number of ether oxygens (including phenoxy) is 1. The molecule has 0 saturated carbocycles. The van der Waals surface area contributed by atoms with Gasteiger partial charge in [-0.25, -0.2) is 4.79 Å². The molecule has 16 heavy (non-hydrogen) atoms. The molecule has 0 fully saturated rings. The molecule has 1 N–H and O–H groups in total. The zero-order chi connectivity index (χ0) is 12.3. The van der Waals surface area contributed by atoms with Gasteiger partial charge in [-0.2, -0.15) is 0 Å². The van der Waals surface area contributed by atoms with E-state index in [1.54, 1.807) is 10.8 Å². The Balaban J connectivity index is 2.92. The molecule has 0 radical (unpaired) electrons. The topological polar surface area (TPSA) is 51.5 Å². The summed E-state index contributed by atoms with van der Waals surface area (Å²) in [5.41, 5.74) is -0.237. The standard InChI is InChI=1S/C11H16ClNO3/c1-4-16-11(2,3)7-13-6-8(12)5-9(13)10(14)15/h5-6H,4,7H2,1-3H3,(H,14,15). The van der Waals surface area contributed by atoms with Crippen LogP contribution in [0.1, 0.15) is 31.3 Å². The molecule has 4 nitrogen and oxygen atoms in total. The van der Waals surface area contributed by atoms with E-state index in [2.05, 4.69) is 0 Å². The number of aromatic carboxylic acids is 1.